The van der Waals surface area contributed by atoms with E-state index in [4.69, 9.17) is 9.84 Å². The van der Waals surface area contributed by atoms with E-state index in [1.807, 2.05) is 0 Å². The zero-order valence-electron chi connectivity index (χ0n) is 27.2. The van der Waals surface area contributed by atoms with Gasteiger partial charge < -0.3 is 9.84 Å². The first-order chi connectivity index (χ1) is 19.6. The van der Waals surface area contributed by atoms with Crippen LogP contribution < -0.4 is 0 Å². The molecule has 4 nitrogen and oxygen atoms in total. The molecular formula is C36H70O4. The topological polar surface area (TPSA) is 63.6 Å². The molecule has 0 aliphatic rings. The lowest BCUT2D eigenvalue weighted by Crippen LogP contribution is -2.18. The number of ether oxygens (including phenoxy) is 1. The van der Waals surface area contributed by atoms with E-state index in [0.29, 0.717) is 12.8 Å². The quantitative estimate of drug-likeness (QED) is 0.0633. The van der Waals surface area contributed by atoms with Crippen LogP contribution in [0.4, 0.5) is 0 Å². The summed E-state index contributed by atoms with van der Waals surface area (Å²) in [5.74, 6) is -0.628. The summed E-state index contributed by atoms with van der Waals surface area (Å²) in [7, 11) is 0. The fourth-order valence-electron chi connectivity index (χ4n) is 5.64. The lowest BCUT2D eigenvalue weighted by molar-refractivity contribution is -0.150. The number of unbranched alkanes of at least 4 members (excludes halogenated alkanes) is 24. The minimum atomic E-state index is -0.665. The number of carbonyl (C=O) groups excluding carboxylic acids is 1. The Labute approximate surface area is 250 Å². The number of carbonyl (C=O) groups is 2. The van der Waals surface area contributed by atoms with Crippen LogP contribution in [-0.4, -0.2) is 23.1 Å². The van der Waals surface area contributed by atoms with Crippen LogP contribution in [0.1, 0.15) is 213 Å². The van der Waals surface area contributed by atoms with Crippen molar-refractivity contribution in [2.24, 2.45) is 0 Å². The molecule has 1 unspecified atom stereocenters. The molecule has 238 valence electrons. The maximum Gasteiger partial charge on any atom is 0.306 e. The van der Waals surface area contributed by atoms with E-state index in [2.05, 4.69) is 13.8 Å². The Kier molecular flexibility index (Phi) is 31.6. The van der Waals surface area contributed by atoms with Crippen LogP contribution in [0.2, 0.25) is 0 Å². The van der Waals surface area contributed by atoms with Gasteiger partial charge in [0.15, 0.2) is 0 Å². The number of carboxylic acids is 1. The average molecular weight is 567 g/mol. The predicted octanol–water partition coefficient (Wildman–Crippen LogP) is 12.1. The molecule has 0 rings (SSSR count). The Morgan fingerprint density at radius 1 is 0.450 bits per heavy atom. The van der Waals surface area contributed by atoms with Crippen LogP contribution in [0.25, 0.3) is 0 Å². The molecule has 40 heavy (non-hydrogen) atoms. The molecule has 0 aliphatic heterocycles. The summed E-state index contributed by atoms with van der Waals surface area (Å²) in [5.41, 5.74) is 0. The van der Waals surface area contributed by atoms with Gasteiger partial charge in [-0.2, -0.15) is 0 Å². The van der Waals surface area contributed by atoms with Crippen molar-refractivity contribution in [2.45, 2.75) is 219 Å². The molecule has 0 radical (unpaired) electrons. The summed E-state index contributed by atoms with van der Waals surface area (Å²) in [6, 6.07) is 0. The second-order valence-electron chi connectivity index (χ2n) is 12.4. The summed E-state index contributed by atoms with van der Waals surface area (Å²) in [4.78, 5) is 22.9. The summed E-state index contributed by atoms with van der Waals surface area (Å²) in [6.45, 7) is 4.49. The lowest BCUT2D eigenvalue weighted by Gasteiger charge is -2.18. The van der Waals surface area contributed by atoms with Crippen molar-refractivity contribution >= 4 is 11.9 Å². The fraction of sp³-hybridized carbons (Fsp3) is 0.944. The van der Waals surface area contributed by atoms with Crippen molar-refractivity contribution in [3.8, 4) is 0 Å². The maximum absolute atomic E-state index is 12.4. The van der Waals surface area contributed by atoms with Crippen LogP contribution in [0.15, 0.2) is 0 Å². The van der Waals surface area contributed by atoms with Crippen molar-refractivity contribution in [1.82, 2.24) is 0 Å². The van der Waals surface area contributed by atoms with Gasteiger partial charge in [-0.3, -0.25) is 9.59 Å². The van der Waals surface area contributed by atoms with E-state index in [9.17, 15) is 9.59 Å². The van der Waals surface area contributed by atoms with Crippen molar-refractivity contribution in [1.29, 1.82) is 0 Å². The van der Waals surface area contributed by atoms with Gasteiger partial charge in [-0.05, 0) is 32.1 Å². The number of carboxylic acid groups (broad SMARTS) is 1. The van der Waals surface area contributed by atoms with Crippen LogP contribution >= 0.6 is 0 Å². The SMILES string of the molecule is CCCCCCCCCCCCCC(=O)OC(CCCC)CCCCCCCCCCCCCCCCC(=O)O. The second-order valence-corrected chi connectivity index (χ2v) is 12.4. The van der Waals surface area contributed by atoms with Crippen LogP contribution in [0, 0.1) is 0 Å². The first-order valence-corrected chi connectivity index (χ1v) is 18.0. The number of aliphatic carboxylic acids is 1. The average Bonchev–Trinajstić information content (AvgIpc) is 2.94. The summed E-state index contributed by atoms with van der Waals surface area (Å²) in [6.07, 6.45) is 37.3. The van der Waals surface area contributed by atoms with E-state index in [1.54, 1.807) is 0 Å². The molecule has 0 bridgehead atoms. The Hall–Kier alpha value is -1.06. The fourth-order valence-corrected chi connectivity index (χ4v) is 5.64. The summed E-state index contributed by atoms with van der Waals surface area (Å²) >= 11 is 0. The molecule has 0 aromatic carbocycles. The van der Waals surface area contributed by atoms with E-state index >= 15 is 0 Å². The molecular weight excluding hydrogens is 496 g/mol. The van der Waals surface area contributed by atoms with Gasteiger partial charge in [-0.15, -0.1) is 0 Å². The van der Waals surface area contributed by atoms with Crippen LogP contribution in [0.5, 0.6) is 0 Å². The van der Waals surface area contributed by atoms with E-state index in [0.717, 1.165) is 38.5 Å². The van der Waals surface area contributed by atoms with E-state index in [1.165, 1.54) is 148 Å². The number of hydrogen-bond acceptors (Lipinski definition) is 3. The van der Waals surface area contributed by atoms with Gasteiger partial charge in [-0.25, -0.2) is 0 Å². The molecule has 0 fully saturated rings. The number of hydrogen-bond donors (Lipinski definition) is 1. The Morgan fingerprint density at radius 2 is 0.775 bits per heavy atom. The zero-order chi connectivity index (χ0) is 29.4. The smallest absolute Gasteiger partial charge is 0.306 e. The predicted molar refractivity (Wildman–Crippen MR) is 172 cm³/mol. The molecule has 0 aromatic rings. The maximum atomic E-state index is 12.4. The lowest BCUT2D eigenvalue weighted by atomic mass is 10.0. The first-order valence-electron chi connectivity index (χ1n) is 18.0. The molecule has 1 N–H and O–H groups in total. The minimum absolute atomic E-state index is 0.0372. The minimum Gasteiger partial charge on any atom is -0.481 e. The van der Waals surface area contributed by atoms with Crippen molar-refractivity contribution in [2.75, 3.05) is 0 Å². The van der Waals surface area contributed by atoms with Crippen LogP contribution in [-0.2, 0) is 14.3 Å². The van der Waals surface area contributed by atoms with E-state index in [-0.39, 0.29) is 12.1 Å². The van der Waals surface area contributed by atoms with E-state index < -0.39 is 5.97 Å². The third-order valence-corrected chi connectivity index (χ3v) is 8.33. The highest BCUT2D eigenvalue weighted by atomic mass is 16.5. The van der Waals surface area contributed by atoms with Gasteiger partial charge in [0, 0.05) is 12.8 Å². The largest absolute Gasteiger partial charge is 0.481 e. The normalized spacial score (nSPS) is 12.1. The standard InChI is InChI=1S/C36H70O4/c1-3-5-7-8-9-10-15-20-23-26-29-33-36(39)40-34(30-6-4-2)31-27-24-21-18-16-13-11-12-14-17-19-22-25-28-32-35(37)38/h34H,3-33H2,1-2H3,(H,37,38). The third kappa shape index (κ3) is 31.5. The summed E-state index contributed by atoms with van der Waals surface area (Å²) in [5, 5.41) is 8.65. The highest BCUT2D eigenvalue weighted by Crippen LogP contribution is 2.18. The highest BCUT2D eigenvalue weighted by Gasteiger charge is 2.13. The molecule has 0 aliphatic carbocycles. The van der Waals surface area contributed by atoms with Crippen molar-refractivity contribution in [3.05, 3.63) is 0 Å². The molecule has 1 atom stereocenters. The van der Waals surface area contributed by atoms with Gasteiger partial charge in [-0.1, -0.05) is 168 Å². The van der Waals surface area contributed by atoms with Gasteiger partial charge in [0.1, 0.15) is 6.10 Å². The molecule has 0 spiro atoms. The molecule has 0 amide bonds. The van der Waals surface area contributed by atoms with Crippen molar-refractivity contribution < 1.29 is 19.4 Å². The Morgan fingerprint density at radius 3 is 1.18 bits per heavy atom. The molecule has 0 heterocycles. The van der Waals surface area contributed by atoms with Crippen LogP contribution in [0.3, 0.4) is 0 Å². The molecule has 4 heteroatoms. The highest BCUT2D eigenvalue weighted by molar-refractivity contribution is 5.69. The number of rotatable bonds is 33. The van der Waals surface area contributed by atoms with Gasteiger partial charge in [0.05, 0.1) is 0 Å². The Bertz CT molecular complexity index is 533. The number of esters is 1. The van der Waals surface area contributed by atoms with Gasteiger partial charge >= 0.3 is 11.9 Å². The molecule has 0 saturated carbocycles. The monoisotopic (exact) mass is 567 g/mol. The summed E-state index contributed by atoms with van der Waals surface area (Å²) < 4.78 is 5.91. The third-order valence-electron chi connectivity index (χ3n) is 8.33. The van der Waals surface area contributed by atoms with Gasteiger partial charge in [0.25, 0.3) is 0 Å². The van der Waals surface area contributed by atoms with Crippen molar-refractivity contribution in [3.63, 3.8) is 0 Å². The molecule has 0 aromatic heterocycles. The van der Waals surface area contributed by atoms with Gasteiger partial charge in [0.2, 0.25) is 0 Å². The Balaban J connectivity index is 3.60. The zero-order valence-corrected chi connectivity index (χ0v) is 27.2. The molecule has 0 saturated heterocycles. The second kappa shape index (κ2) is 32.5. The first kappa shape index (κ1) is 38.9.